The van der Waals surface area contributed by atoms with E-state index in [9.17, 15) is 18.4 Å². The first-order valence-corrected chi connectivity index (χ1v) is 11.9. The third-order valence-electron chi connectivity index (χ3n) is 7.25. The van der Waals surface area contributed by atoms with E-state index >= 15 is 0 Å². The minimum absolute atomic E-state index is 0.0337. The zero-order valence-corrected chi connectivity index (χ0v) is 19.6. The Kier molecular flexibility index (Phi) is 6.10. The van der Waals surface area contributed by atoms with Gasteiger partial charge in [0.2, 0.25) is 5.91 Å². The number of fused-ring (bicyclic) bond motifs is 1. The van der Waals surface area contributed by atoms with Crippen LogP contribution in [0.1, 0.15) is 43.1 Å². The Balaban J connectivity index is 1.04. The Morgan fingerprint density at radius 3 is 2.49 bits per heavy atom. The molecule has 1 aromatic carbocycles. The molecule has 1 aliphatic carbocycles. The maximum Gasteiger partial charge on any atom is 0.410 e. The molecule has 2 aliphatic heterocycles. The molecule has 2 aromatic rings. The van der Waals surface area contributed by atoms with Gasteiger partial charge < -0.3 is 19.3 Å². The van der Waals surface area contributed by atoms with Crippen LogP contribution in [-0.4, -0.2) is 69.5 Å². The molecule has 3 aliphatic rings. The molecule has 1 aromatic heterocycles. The summed E-state index contributed by atoms with van der Waals surface area (Å²) in [5.41, 5.74) is 2.61. The SMILES string of the molecule is CC(F)(F)Oc1ccc(COC(=O)N2CC3(CCN(C(=O)C4CCc5n[nH]nc5C4)CC3)C2)cc1. The lowest BCUT2D eigenvalue weighted by molar-refractivity contribution is -0.159. The van der Waals surface area contributed by atoms with Crippen molar-refractivity contribution in [1.82, 2.24) is 25.2 Å². The van der Waals surface area contributed by atoms with Crippen molar-refractivity contribution in [2.24, 2.45) is 11.3 Å². The smallest absolute Gasteiger partial charge is 0.410 e. The summed E-state index contributed by atoms with van der Waals surface area (Å²) >= 11 is 0. The number of aromatic amines is 1. The van der Waals surface area contributed by atoms with Gasteiger partial charge in [0.05, 0.1) is 11.4 Å². The summed E-state index contributed by atoms with van der Waals surface area (Å²) in [5, 5.41) is 10.9. The normalized spacial score (nSPS) is 21.3. The molecule has 11 heteroatoms. The van der Waals surface area contributed by atoms with Crippen LogP contribution in [0.3, 0.4) is 0 Å². The van der Waals surface area contributed by atoms with Crippen molar-refractivity contribution in [1.29, 1.82) is 0 Å². The zero-order valence-electron chi connectivity index (χ0n) is 19.6. The topological polar surface area (TPSA) is 101 Å². The molecule has 35 heavy (non-hydrogen) atoms. The highest BCUT2D eigenvalue weighted by Crippen LogP contribution is 2.41. The van der Waals surface area contributed by atoms with Gasteiger partial charge in [0.25, 0.3) is 0 Å². The van der Waals surface area contributed by atoms with Gasteiger partial charge in [-0.05, 0) is 43.4 Å². The van der Waals surface area contributed by atoms with Gasteiger partial charge in [-0.15, -0.1) is 0 Å². The molecule has 2 saturated heterocycles. The number of amides is 2. The summed E-state index contributed by atoms with van der Waals surface area (Å²) in [6, 6.07) is 6.03. The van der Waals surface area contributed by atoms with E-state index in [0.29, 0.717) is 45.1 Å². The highest BCUT2D eigenvalue weighted by atomic mass is 19.3. The van der Waals surface area contributed by atoms with E-state index in [4.69, 9.17) is 4.74 Å². The molecule has 0 saturated carbocycles. The van der Waals surface area contributed by atoms with Crippen LogP contribution in [0, 0.1) is 11.3 Å². The molecular weight excluding hydrogens is 460 g/mol. The first kappa shape index (κ1) is 23.5. The lowest BCUT2D eigenvalue weighted by atomic mass is 9.72. The lowest BCUT2D eigenvalue weighted by Crippen LogP contribution is -2.62. The van der Waals surface area contributed by atoms with Gasteiger partial charge in [0.15, 0.2) is 0 Å². The molecule has 1 atom stereocenters. The fraction of sp³-hybridized carbons (Fsp3) is 0.583. The van der Waals surface area contributed by atoms with Crippen molar-refractivity contribution >= 4 is 12.0 Å². The van der Waals surface area contributed by atoms with Gasteiger partial charge in [0.1, 0.15) is 12.4 Å². The molecule has 188 valence electrons. The van der Waals surface area contributed by atoms with Gasteiger partial charge in [-0.3, -0.25) is 4.79 Å². The lowest BCUT2D eigenvalue weighted by Gasteiger charge is -2.53. The second-order valence-corrected chi connectivity index (χ2v) is 9.95. The Labute approximate surface area is 201 Å². The molecule has 2 amide bonds. The minimum Gasteiger partial charge on any atom is -0.445 e. The quantitative estimate of drug-likeness (QED) is 0.693. The Bertz CT molecular complexity index is 1070. The van der Waals surface area contributed by atoms with Crippen molar-refractivity contribution < 1.29 is 27.8 Å². The summed E-state index contributed by atoms with van der Waals surface area (Å²) in [4.78, 5) is 29.1. The molecular formula is C24H29F2N5O4. The van der Waals surface area contributed by atoms with Crippen LogP contribution in [-0.2, 0) is 29.0 Å². The minimum atomic E-state index is -3.25. The highest BCUT2D eigenvalue weighted by Gasteiger charge is 2.48. The number of rotatable bonds is 5. The van der Waals surface area contributed by atoms with Crippen molar-refractivity contribution in [3.63, 3.8) is 0 Å². The van der Waals surface area contributed by atoms with Crippen molar-refractivity contribution in [3.05, 3.63) is 41.2 Å². The summed E-state index contributed by atoms with van der Waals surface area (Å²) in [6.07, 6.45) is 0.335. The van der Waals surface area contributed by atoms with Gasteiger partial charge in [-0.25, -0.2) is 4.79 Å². The van der Waals surface area contributed by atoms with Crippen LogP contribution in [0.15, 0.2) is 24.3 Å². The van der Waals surface area contributed by atoms with Crippen LogP contribution in [0.2, 0.25) is 0 Å². The predicted molar refractivity (Wildman–Crippen MR) is 120 cm³/mol. The van der Waals surface area contributed by atoms with E-state index < -0.39 is 6.11 Å². The van der Waals surface area contributed by atoms with Crippen LogP contribution in [0.25, 0.3) is 0 Å². The highest BCUT2D eigenvalue weighted by molar-refractivity contribution is 5.79. The largest absolute Gasteiger partial charge is 0.445 e. The number of aromatic nitrogens is 3. The Hall–Kier alpha value is -3.24. The summed E-state index contributed by atoms with van der Waals surface area (Å²) < 4.78 is 35.7. The predicted octanol–water partition coefficient (Wildman–Crippen LogP) is 3.16. The van der Waals surface area contributed by atoms with E-state index in [1.54, 1.807) is 17.0 Å². The van der Waals surface area contributed by atoms with E-state index in [0.717, 1.165) is 37.1 Å². The molecule has 0 radical (unpaired) electrons. The number of alkyl halides is 2. The molecule has 9 nitrogen and oxygen atoms in total. The number of hydrogen-bond acceptors (Lipinski definition) is 6. The fourth-order valence-corrected chi connectivity index (χ4v) is 5.26. The number of aryl methyl sites for hydroxylation is 1. The maximum absolute atomic E-state index is 13.0. The second kappa shape index (κ2) is 9.09. The number of likely N-dealkylation sites (tertiary alicyclic amines) is 2. The Morgan fingerprint density at radius 1 is 1.11 bits per heavy atom. The van der Waals surface area contributed by atoms with Crippen molar-refractivity contribution in [2.45, 2.75) is 51.7 Å². The average Bonchev–Trinajstić information content (AvgIpc) is 3.28. The fourth-order valence-electron chi connectivity index (χ4n) is 5.26. The summed E-state index contributed by atoms with van der Waals surface area (Å²) in [6.45, 7) is 3.39. The number of hydrogen-bond donors (Lipinski definition) is 1. The molecule has 2 fully saturated rings. The zero-order chi connectivity index (χ0) is 24.6. The molecule has 5 rings (SSSR count). The molecule has 1 spiro atoms. The van der Waals surface area contributed by atoms with E-state index in [-0.39, 0.29) is 35.7 Å². The van der Waals surface area contributed by atoms with Gasteiger partial charge in [-0.2, -0.15) is 24.2 Å². The van der Waals surface area contributed by atoms with E-state index in [1.807, 2.05) is 4.90 Å². The Morgan fingerprint density at radius 2 is 1.80 bits per heavy atom. The average molecular weight is 490 g/mol. The number of benzene rings is 1. The van der Waals surface area contributed by atoms with Crippen molar-refractivity contribution in [3.8, 4) is 5.75 Å². The third-order valence-corrected chi connectivity index (χ3v) is 7.25. The number of nitrogens with one attached hydrogen (secondary N) is 1. The summed E-state index contributed by atoms with van der Waals surface area (Å²) in [5.74, 6) is 0.213. The number of carbonyl (C=O) groups excluding carboxylic acids is 2. The molecule has 1 N–H and O–H groups in total. The van der Waals surface area contributed by atoms with Crippen LogP contribution in [0.4, 0.5) is 13.6 Å². The molecule has 0 bridgehead atoms. The van der Waals surface area contributed by atoms with E-state index in [2.05, 4.69) is 20.1 Å². The van der Waals surface area contributed by atoms with Crippen molar-refractivity contribution in [2.75, 3.05) is 26.2 Å². The second-order valence-electron chi connectivity index (χ2n) is 9.95. The van der Waals surface area contributed by atoms with Gasteiger partial charge in [0, 0.05) is 50.9 Å². The monoisotopic (exact) mass is 489 g/mol. The number of H-pyrrole nitrogens is 1. The van der Waals surface area contributed by atoms with Crippen LogP contribution >= 0.6 is 0 Å². The molecule has 1 unspecified atom stereocenters. The number of halogens is 2. The number of ether oxygens (including phenoxy) is 2. The maximum atomic E-state index is 13.0. The van der Waals surface area contributed by atoms with Crippen LogP contribution < -0.4 is 4.74 Å². The van der Waals surface area contributed by atoms with E-state index in [1.165, 1.54) is 12.1 Å². The summed E-state index contributed by atoms with van der Waals surface area (Å²) in [7, 11) is 0. The first-order valence-electron chi connectivity index (χ1n) is 11.9. The van der Waals surface area contributed by atoms with Crippen LogP contribution in [0.5, 0.6) is 5.75 Å². The van der Waals surface area contributed by atoms with Gasteiger partial charge in [-0.1, -0.05) is 12.1 Å². The number of carbonyl (C=O) groups is 2. The number of nitrogens with zero attached hydrogens (tertiary/aromatic N) is 4. The number of piperidine rings is 1. The third kappa shape index (κ3) is 5.23. The first-order chi connectivity index (χ1) is 16.7. The standard InChI is InChI=1S/C24H29F2N5O4/c1-23(25,26)35-18-5-2-16(3-6-18)13-34-22(33)31-14-24(15-31)8-10-30(11-9-24)21(32)17-4-7-19-20(12-17)28-29-27-19/h2-3,5-6,17H,4,7-15H2,1H3,(H,27,28,29). The van der Waals surface area contributed by atoms with Gasteiger partial charge >= 0.3 is 12.2 Å². The molecule has 3 heterocycles.